The first-order valence-electron chi connectivity index (χ1n) is 7.74. The van der Waals surface area contributed by atoms with E-state index < -0.39 is 0 Å². The molecule has 2 aliphatic carbocycles. The zero-order valence-electron chi connectivity index (χ0n) is 11.6. The van der Waals surface area contributed by atoms with Gasteiger partial charge in [0, 0.05) is 17.1 Å². The van der Waals surface area contributed by atoms with Crippen molar-refractivity contribution in [1.29, 1.82) is 0 Å². The molecule has 2 aliphatic rings. The molecule has 0 unspecified atom stereocenters. The van der Waals surface area contributed by atoms with Crippen LogP contribution in [-0.2, 0) is 6.54 Å². The fraction of sp³-hybridized carbons (Fsp3) is 0.647. The van der Waals surface area contributed by atoms with Gasteiger partial charge in [0.1, 0.15) is 0 Å². The predicted octanol–water partition coefficient (Wildman–Crippen LogP) is 5.04. The topological polar surface area (TPSA) is 12.0 Å². The highest BCUT2D eigenvalue weighted by molar-refractivity contribution is 9.10. The van der Waals surface area contributed by atoms with Crippen molar-refractivity contribution in [3.05, 3.63) is 34.3 Å². The zero-order chi connectivity index (χ0) is 13.1. The minimum atomic E-state index is 0.741. The Labute approximate surface area is 125 Å². The molecule has 0 bridgehead atoms. The Morgan fingerprint density at radius 1 is 1.11 bits per heavy atom. The van der Waals surface area contributed by atoms with Gasteiger partial charge in [-0.15, -0.1) is 0 Å². The molecule has 1 aromatic carbocycles. The van der Waals surface area contributed by atoms with Crippen LogP contribution in [0.4, 0.5) is 0 Å². The Morgan fingerprint density at radius 2 is 1.84 bits per heavy atom. The van der Waals surface area contributed by atoms with Gasteiger partial charge in [-0.2, -0.15) is 0 Å². The van der Waals surface area contributed by atoms with E-state index in [1.165, 1.54) is 61.4 Å². The van der Waals surface area contributed by atoms with Crippen LogP contribution < -0.4 is 5.32 Å². The number of hydrogen-bond donors (Lipinski definition) is 1. The first-order chi connectivity index (χ1) is 9.26. The van der Waals surface area contributed by atoms with E-state index in [2.05, 4.69) is 45.5 Å². The second-order valence-electron chi connectivity index (χ2n) is 6.49. The van der Waals surface area contributed by atoms with Crippen molar-refractivity contribution in [1.82, 2.24) is 5.32 Å². The highest BCUT2D eigenvalue weighted by Gasteiger charge is 2.37. The van der Waals surface area contributed by atoms with Gasteiger partial charge >= 0.3 is 0 Å². The van der Waals surface area contributed by atoms with Crippen LogP contribution in [-0.4, -0.2) is 6.04 Å². The number of hydrogen-bond acceptors (Lipinski definition) is 1. The molecular weight excluding hydrogens is 298 g/mol. The fourth-order valence-electron chi connectivity index (χ4n) is 3.97. The summed E-state index contributed by atoms with van der Waals surface area (Å²) in [5, 5.41) is 3.75. The van der Waals surface area contributed by atoms with E-state index in [9.17, 15) is 0 Å². The van der Waals surface area contributed by atoms with Crippen molar-refractivity contribution in [2.45, 2.75) is 64.0 Å². The van der Waals surface area contributed by atoms with Crippen molar-refractivity contribution in [3.8, 4) is 0 Å². The molecule has 1 spiro atoms. The summed E-state index contributed by atoms with van der Waals surface area (Å²) in [7, 11) is 0. The molecule has 3 rings (SSSR count). The summed E-state index contributed by atoms with van der Waals surface area (Å²) in [5.74, 6) is 0. The highest BCUT2D eigenvalue weighted by Crippen LogP contribution is 2.48. The van der Waals surface area contributed by atoms with E-state index in [1.54, 1.807) is 0 Å². The molecule has 1 N–H and O–H groups in total. The Kier molecular flexibility index (Phi) is 4.28. The predicted molar refractivity (Wildman–Crippen MR) is 84.1 cm³/mol. The highest BCUT2D eigenvalue weighted by atomic mass is 79.9. The first-order valence-corrected chi connectivity index (χ1v) is 8.53. The molecule has 0 aromatic heterocycles. The van der Waals surface area contributed by atoms with Crippen LogP contribution >= 0.6 is 15.9 Å². The summed E-state index contributed by atoms with van der Waals surface area (Å²) >= 11 is 3.54. The first kappa shape index (κ1) is 13.6. The average Bonchev–Trinajstić information content (AvgIpc) is 2.87. The molecular formula is C17H24BrN. The minimum absolute atomic E-state index is 0.741. The van der Waals surface area contributed by atoms with Crippen LogP contribution in [0.25, 0.3) is 0 Å². The fourth-order valence-corrected chi connectivity index (χ4v) is 4.42. The molecule has 104 valence electrons. The van der Waals surface area contributed by atoms with Crippen molar-refractivity contribution in [2.24, 2.45) is 5.41 Å². The minimum Gasteiger partial charge on any atom is -0.310 e. The van der Waals surface area contributed by atoms with Crippen LogP contribution in [0.3, 0.4) is 0 Å². The largest absolute Gasteiger partial charge is 0.310 e. The maximum atomic E-state index is 3.75. The van der Waals surface area contributed by atoms with Crippen molar-refractivity contribution in [3.63, 3.8) is 0 Å². The summed E-state index contributed by atoms with van der Waals surface area (Å²) in [5.41, 5.74) is 2.14. The number of benzene rings is 1. The van der Waals surface area contributed by atoms with Gasteiger partial charge in [-0.25, -0.2) is 0 Å². The molecule has 2 fully saturated rings. The molecule has 0 heterocycles. The van der Waals surface area contributed by atoms with Gasteiger partial charge < -0.3 is 5.32 Å². The average molecular weight is 322 g/mol. The number of halogens is 1. The molecule has 0 atom stereocenters. The maximum Gasteiger partial charge on any atom is 0.0208 e. The summed E-state index contributed by atoms with van der Waals surface area (Å²) in [6.07, 6.45) is 11.7. The molecule has 2 saturated carbocycles. The lowest BCUT2D eigenvalue weighted by molar-refractivity contribution is 0.168. The van der Waals surface area contributed by atoms with Crippen LogP contribution in [0.5, 0.6) is 0 Å². The second-order valence-corrected chi connectivity index (χ2v) is 7.41. The normalized spacial score (nSPS) is 23.0. The van der Waals surface area contributed by atoms with Crippen LogP contribution in [0, 0.1) is 5.41 Å². The van der Waals surface area contributed by atoms with E-state index in [4.69, 9.17) is 0 Å². The van der Waals surface area contributed by atoms with Gasteiger partial charge in [0.05, 0.1) is 0 Å². The van der Waals surface area contributed by atoms with E-state index in [0.29, 0.717) is 0 Å². The number of rotatable bonds is 3. The van der Waals surface area contributed by atoms with Gasteiger partial charge in [-0.3, -0.25) is 0 Å². The lowest BCUT2D eigenvalue weighted by Gasteiger charge is -2.37. The Balaban J connectivity index is 1.47. The zero-order valence-corrected chi connectivity index (χ0v) is 13.2. The summed E-state index contributed by atoms with van der Waals surface area (Å²) in [6.45, 7) is 1.01. The van der Waals surface area contributed by atoms with Crippen LogP contribution in [0.1, 0.15) is 56.9 Å². The third-order valence-corrected chi connectivity index (χ3v) is 5.69. The molecule has 0 aliphatic heterocycles. The van der Waals surface area contributed by atoms with Crippen LogP contribution in [0.15, 0.2) is 28.7 Å². The second kappa shape index (κ2) is 5.97. The standard InChI is InChI=1S/C17H24BrN/c18-15-5-3-4-14(12-15)13-19-16-6-10-17(11-7-16)8-1-2-9-17/h3-5,12,16,19H,1-2,6-11,13H2. The summed E-state index contributed by atoms with van der Waals surface area (Å²) in [6, 6.07) is 9.38. The van der Waals surface area contributed by atoms with Crippen molar-refractivity contribution < 1.29 is 0 Å². The maximum absolute atomic E-state index is 3.75. The van der Waals surface area contributed by atoms with Crippen molar-refractivity contribution in [2.75, 3.05) is 0 Å². The lowest BCUT2D eigenvalue weighted by atomic mass is 9.71. The number of nitrogens with one attached hydrogen (secondary N) is 1. The van der Waals surface area contributed by atoms with Gasteiger partial charge in [-0.1, -0.05) is 40.9 Å². The summed E-state index contributed by atoms with van der Waals surface area (Å²) in [4.78, 5) is 0. The van der Waals surface area contributed by atoms with Crippen LogP contribution in [0.2, 0.25) is 0 Å². The molecule has 1 nitrogen and oxygen atoms in total. The third kappa shape index (κ3) is 3.41. The van der Waals surface area contributed by atoms with Gasteiger partial charge in [0.15, 0.2) is 0 Å². The SMILES string of the molecule is Brc1cccc(CNC2CCC3(CCCC3)CC2)c1. The van der Waals surface area contributed by atoms with Crippen molar-refractivity contribution >= 4 is 15.9 Å². The monoisotopic (exact) mass is 321 g/mol. The van der Waals surface area contributed by atoms with Gasteiger partial charge in [-0.05, 0) is 61.6 Å². The smallest absolute Gasteiger partial charge is 0.0208 e. The Bertz CT molecular complexity index is 413. The van der Waals surface area contributed by atoms with E-state index >= 15 is 0 Å². The molecule has 0 radical (unpaired) electrons. The van der Waals surface area contributed by atoms with Gasteiger partial charge in [0.25, 0.3) is 0 Å². The van der Waals surface area contributed by atoms with E-state index in [-0.39, 0.29) is 0 Å². The third-order valence-electron chi connectivity index (χ3n) is 5.19. The molecule has 1 aromatic rings. The van der Waals surface area contributed by atoms with E-state index in [1.807, 2.05) is 0 Å². The molecule has 19 heavy (non-hydrogen) atoms. The van der Waals surface area contributed by atoms with E-state index in [0.717, 1.165) is 18.0 Å². The molecule has 0 saturated heterocycles. The summed E-state index contributed by atoms with van der Waals surface area (Å²) < 4.78 is 1.18. The molecule has 2 heteroatoms. The Morgan fingerprint density at radius 3 is 2.53 bits per heavy atom. The molecule has 0 amide bonds. The quantitative estimate of drug-likeness (QED) is 0.822. The Hall–Kier alpha value is -0.340. The van der Waals surface area contributed by atoms with Gasteiger partial charge in [0.2, 0.25) is 0 Å². The lowest BCUT2D eigenvalue weighted by Crippen LogP contribution is -2.36.